The highest BCUT2D eigenvalue weighted by atomic mass is 31.2. The molecule has 0 saturated heterocycles. The van der Waals surface area contributed by atoms with Gasteiger partial charge in [0.2, 0.25) is 17.2 Å². The molecule has 30 heavy (non-hydrogen) atoms. The second kappa shape index (κ2) is 8.76. The van der Waals surface area contributed by atoms with Crippen LogP contribution in [-0.2, 0) is 25.6 Å². The van der Waals surface area contributed by atoms with Crippen LogP contribution in [0.3, 0.4) is 0 Å². The maximum Gasteiger partial charge on any atom is 0.384 e. The van der Waals surface area contributed by atoms with Crippen LogP contribution in [0.1, 0.15) is 37.5 Å². The molecule has 1 N–H and O–H groups in total. The number of hydrogen-bond donors (Lipinski definition) is 1. The van der Waals surface area contributed by atoms with Crippen LogP contribution in [0.15, 0.2) is 52.9 Å². The molecule has 2 aromatic carbocycles. The molecule has 0 amide bonds. The highest BCUT2D eigenvalue weighted by Gasteiger charge is 2.34. The monoisotopic (exact) mass is 428 g/mol. The molecule has 0 aliphatic carbocycles. The predicted octanol–water partition coefficient (Wildman–Crippen LogP) is 5.67. The zero-order valence-corrected chi connectivity index (χ0v) is 19.2. The summed E-state index contributed by atoms with van der Waals surface area (Å²) >= 11 is 0. The molecule has 0 spiro atoms. The van der Waals surface area contributed by atoms with Gasteiger partial charge < -0.3 is 18.8 Å². The van der Waals surface area contributed by atoms with Gasteiger partial charge in [0.15, 0.2) is 0 Å². The normalized spacial score (nSPS) is 12.2. The van der Waals surface area contributed by atoms with Gasteiger partial charge in [-0.25, -0.2) is 0 Å². The Hall–Kier alpha value is -2.40. The van der Waals surface area contributed by atoms with E-state index in [1.807, 2.05) is 55.5 Å². The molecular formula is C23H29N2O4P. The van der Waals surface area contributed by atoms with Crippen LogP contribution in [0, 0.1) is 6.92 Å². The van der Waals surface area contributed by atoms with Gasteiger partial charge in [-0.05, 0) is 35.6 Å². The minimum atomic E-state index is -3.60. The maximum atomic E-state index is 13.1. The highest BCUT2D eigenvalue weighted by Crippen LogP contribution is 2.47. The third-order valence-electron chi connectivity index (χ3n) is 4.92. The smallest absolute Gasteiger partial charge is 0.384 e. The molecule has 1 aromatic heterocycles. The molecule has 1 heterocycles. The van der Waals surface area contributed by atoms with E-state index >= 15 is 0 Å². The molecule has 0 saturated carbocycles. The number of hydrogen-bond acceptors (Lipinski definition) is 6. The van der Waals surface area contributed by atoms with Crippen molar-refractivity contribution in [3.8, 4) is 11.5 Å². The van der Waals surface area contributed by atoms with Gasteiger partial charge >= 0.3 is 7.60 Å². The first-order chi connectivity index (χ1) is 14.2. The molecule has 7 heteroatoms. The average molecular weight is 428 g/mol. The fraction of sp³-hybridized carbons (Fsp3) is 0.348. The molecule has 0 bridgehead atoms. The second-order valence-electron chi connectivity index (χ2n) is 8.20. The lowest BCUT2D eigenvalue weighted by molar-refractivity contribution is 0.286. The van der Waals surface area contributed by atoms with Gasteiger partial charge in [-0.1, -0.05) is 62.7 Å². The molecule has 3 rings (SSSR count). The third kappa shape index (κ3) is 4.84. The molecule has 0 aliphatic heterocycles. The minimum absolute atomic E-state index is 0.0445. The lowest BCUT2D eigenvalue weighted by atomic mass is 9.87. The van der Waals surface area contributed by atoms with Crippen LogP contribution < -0.4 is 10.8 Å². The highest BCUT2D eigenvalue weighted by molar-refractivity contribution is 7.62. The van der Waals surface area contributed by atoms with E-state index in [1.165, 1.54) is 25.3 Å². The Labute approximate surface area is 178 Å². The quantitative estimate of drug-likeness (QED) is 0.489. The van der Waals surface area contributed by atoms with Gasteiger partial charge in [0.1, 0.15) is 0 Å². The number of rotatable bonds is 7. The summed E-state index contributed by atoms with van der Waals surface area (Å²) in [5.41, 5.74) is 4.41. The Kier molecular flexibility index (Phi) is 6.51. The Morgan fingerprint density at radius 3 is 2.13 bits per heavy atom. The van der Waals surface area contributed by atoms with E-state index in [1.54, 1.807) is 0 Å². The molecule has 160 valence electrons. The summed E-state index contributed by atoms with van der Waals surface area (Å²) in [7, 11) is -0.936. The van der Waals surface area contributed by atoms with E-state index in [0.717, 1.165) is 11.1 Å². The van der Waals surface area contributed by atoms with Crippen molar-refractivity contribution in [1.29, 1.82) is 0 Å². The first kappa shape index (κ1) is 22.3. The summed E-state index contributed by atoms with van der Waals surface area (Å²) in [5.74, 6) is 0.628. The fourth-order valence-electron chi connectivity index (χ4n) is 2.98. The molecule has 0 aliphatic rings. The van der Waals surface area contributed by atoms with Gasteiger partial charge in [0, 0.05) is 26.3 Å². The number of nitrogens with zero attached hydrogens (tertiary/aromatic N) is 1. The lowest BCUT2D eigenvalue weighted by Gasteiger charge is -2.18. The van der Waals surface area contributed by atoms with Crippen molar-refractivity contribution in [2.75, 3.05) is 19.5 Å². The lowest BCUT2D eigenvalue weighted by Crippen LogP contribution is -2.14. The molecular weight excluding hydrogens is 399 g/mol. The van der Waals surface area contributed by atoms with Crippen molar-refractivity contribution in [3.05, 3.63) is 65.2 Å². The van der Waals surface area contributed by atoms with Crippen LogP contribution in [0.2, 0.25) is 0 Å². The average Bonchev–Trinajstić information content (AvgIpc) is 3.17. The Morgan fingerprint density at radius 2 is 1.60 bits per heavy atom. The van der Waals surface area contributed by atoms with E-state index in [0.29, 0.717) is 12.4 Å². The summed E-state index contributed by atoms with van der Waals surface area (Å²) < 4.78 is 29.4. The van der Waals surface area contributed by atoms with E-state index < -0.39 is 7.60 Å². The molecule has 0 fully saturated rings. The Bertz CT molecular complexity index is 1030. The van der Waals surface area contributed by atoms with Crippen LogP contribution >= 0.6 is 7.60 Å². The summed E-state index contributed by atoms with van der Waals surface area (Å²) in [6.45, 7) is 9.00. The largest absolute Gasteiger partial charge is 0.420 e. The number of aromatic nitrogens is 1. The standard InChI is InChI=1S/C23H29N2O4P/c1-16-7-9-17(10-8-16)15-24-21-22(30(26,27-5)28-6)25-20(29-21)18-11-13-19(14-12-18)23(2,3)4/h7-14,24H,15H2,1-6H3. The predicted molar refractivity (Wildman–Crippen MR) is 120 cm³/mol. The summed E-state index contributed by atoms with van der Waals surface area (Å²) in [5, 5.41) is 3.19. The van der Waals surface area contributed by atoms with Gasteiger partial charge in [0.25, 0.3) is 0 Å². The fourth-order valence-corrected chi connectivity index (χ4v) is 4.07. The second-order valence-corrected chi connectivity index (χ2v) is 10.3. The van der Waals surface area contributed by atoms with Gasteiger partial charge in [-0.3, -0.25) is 4.57 Å². The topological polar surface area (TPSA) is 73.6 Å². The zero-order valence-electron chi connectivity index (χ0n) is 18.4. The van der Waals surface area contributed by atoms with E-state index in [-0.39, 0.29) is 16.7 Å². The number of nitrogens with one attached hydrogen (secondary N) is 1. The van der Waals surface area contributed by atoms with E-state index in [2.05, 4.69) is 31.1 Å². The van der Waals surface area contributed by atoms with Gasteiger partial charge in [-0.2, -0.15) is 4.98 Å². The van der Waals surface area contributed by atoms with Gasteiger partial charge in [-0.15, -0.1) is 0 Å². The molecule has 6 nitrogen and oxygen atoms in total. The SMILES string of the molecule is COP(=O)(OC)c1nc(-c2ccc(C(C)(C)C)cc2)oc1NCc1ccc(C)cc1. The summed E-state index contributed by atoms with van der Waals surface area (Å²) in [4.78, 5) is 4.47. The first-order valence-electron chi connectivity index (χ1n) is 9.79. The Balaban J connectivity index is 1.95. The van der Waals surface area contributed by atoms with Crippen molar-refractivity contribution in [3.63, 3.8) is 0 Å². The number of anilines is 1. The van der Waals surface area contributed by atoms with E-state index in [4.69, 9.17) is 13.5 Å². The van der Waals surface area contributed by atoms with Crippen LogP contribution in [0.4, 0.5) is 5.88 Å². The summed E-state index contributed by atoms with van der Waals surface area (Å²) in [6, 6.07) is 16.1. The molecule has 0 unspecified atom stereocenters. The van der Waals surface area contributed by atoms with Crippen molar-refractivity contribution < 1.29 is 18.0 Å². The number of oxazole rings is 1. The molecule has 0 atom stereocenters. The zero-order chi connectivity index (χ0) is 21.9. The minimum Gasteiger partial charge on any atom is -0.420 e. The summed E-state index contributed by atoms with van der Waals surface area (Å²) in [6.07, 6.45) is 0. The van der Waals surface area contributed by atoms with Crippen molar-refractivity contribution >= 4 is 18.9 Å². The van der Waals surface area contributed by atoms with Crippen molar-refractivity contribution in [2.45, 2.75) is 39.7 Å². The number of benzene rings is 2. The van der Waals surface area contributed by atoms with Crippen molar-refractivity contribution in [2.24, 2.45) is 0 Å². The third-order valence-corrected chi connectivity index (χ3v) is 6.70. The van der Waals surface area contributed by atoms with Gasteiger partial charge in [0.05, 0.1) is 0 Å². The van der Waals surface area contributed by atoms with E-state index in [9.17, 15) is 4.57 Å². The van der Waals surface area contributed by atoms with Crippen LogP contribution in [0.25, 0.3) is 11.5 Å². The molecule has 3 aromatic rings. The molecule has 0 radical (unpaired) electrons. The Morgan fingerprint density at radius 1 is 1.00 bits per heavy atom. The number of aryl methyl sites for hydroxylation is 1. The maximum absolute atomic E-state index is 13.1. The first-order valence-corrected chi connectivity index (χ1v) is 11.3. The van der Waals surface area contributed by atoms with Crippen LogP contribution in [-0.4, -0.2) is 19.2 Å². The van der Waals surface area contributed by atoms with Crippen molar-refractivity contribution in [1.82, 2.24) is 4.98 Å². The van der Waals surface area contributed by atoms with Crippen LogP contribution in [0.5, 0.6) is 0 Å².